The van der Waals surface area contributed by atoms with Gasteiger partial charge >= 0.3 is 0 Å². The van der Waals surface area contributed by atoms with Crippen molar-refractivity contribution in [2.45, 2.75) is 24.3 Å². The highest BCUT2D eigenvalue weighted by Gasteiger charge is 2.16. The van der Waals surface area contributed by atoms with E-state index in [1.807, 2.05) is 50.0 Å². The normalized spacial score (nSPS) is 12.6. The molecule has 0 fully saturated rings. The number of nitrogens with one attached hydrogen (secondary N) is 1. The van der Waals surface area contributed by atoms with Gasteiger partial charge in [0.15, 0.2) is 0 Å². The highest BCUT2D eigenvalue weighted by Crippen LogP contribution is 2.24. The van der Waals surface area contributed by atoms with Crippen LogP contribution in [0.2, 0.25) is 10.0 Å². The molecule has 0 radical (unpaired) electrons. The first-order valence-corrected chi connectivity index (χ1v) is 8.49. The van der Waals surface area contributed by atoms with Gasteiger partial charge in [0.25, 0.3) is 0 Å². The van der Waals surface area contributed by atoms with Gasteiger partial charge in [-0.25, -0.2) is 0 Å². The Kier molecular flexibility index (Phi) is 5.99. The molecule has 0 aliphatic rings. The van der Waals surface area contributed by atoms with Gasteiger partial charge in [0.2, 0.25) is 0 Å². The number of hydrogen-bond acceptors (Lipinski definition) is 3. The Hall–Kier alpha value is -0.680. The third-order valence-corrected chi connectivity index (χ3v) is 5.29. The number of aromatic nitrogens is 2. The molecule has 2 rings (SSSR count). The van der Waals surface area contributed by atoms with E-state index in [-0.39, 0.29) is 0 Å². The first kappa shape index (κ1) is 16.7. The smallest absolute Gasteiger partial charge is 0.0847 e. The van der Waals surface area contributed by atoms with Crippen LogP contribution in [0.5, 0.6) is 0 Å². The summed E-state index contributed by atoms with van der Waals surface area (Å²) in [4.78, 5) is 1.21. The Bertz CT molecular complexity index is 596. The maximum absolute atomic E-state index is 6.32. The zero-order valence-electron chi connectivity index (χ0n) is 12.4. The molecule has 0 spiro atoms. The monoisotopic (exact) mass is 343 g/mol. The number of aryl methyl sites for hydroxylation is 2. The van der Waals surface area contributed by atoms with E-state index in [0.29, 0.717) is 6.04 Å². The molecule has 6 heteroatoms. The second-order valence-corrected chi connectivity index (χ2v) is 6.83. The van der Waals surface area contributed by atoms with E-state index >= 15 is 0 Å². The lowest BCUT2D eigenvalue weighted by Gasteiger charge is -2.16. The molecule has 3 nitrogen and oxygen atoms in total. The molecule has 1 heterocycles. The van der Waals surface area contributed by atoms with E-state index < -0.39 is 0 Å². The number of halogens is 2. The summed E-state index contributed by atoms with van der Waals surface area (Å²) in [6, 6.07) is 8.25. The van der Waals surface area contributed by atoms with Crippen LogP contribution in [0.1, 0.15) is 11.4 Å². The van der Waals surface area contributed by atoms with Gasteiger partial charge < -0.3 is 5.32 Å². The topological polar surface area (TPSA) is 29.9 Å². The predicted octanol–water partition coefficient (Wildman–Crippen LogP) is 3.96. The van der Waals surface area contributed by atoms with Crippen LogP contribution in [0.4, 0.5) is 0 Å². The molecule has 1 aromatic carbocycles. The highest BCUT2D eigenvalue weighted by molar-refractivity contribution is 7.99. The summed E-state index contributed by atoms with van der Waals surface area (Å²) in [6.07, 6.45) is 0.854. The SMILES string of the molecule is CNC(CSc1ccc(Cl)cc1)Cc1c(Cl)c(C)nn1C. The van der Waals surface area contributed by atoms with Gasteiger partial charge in [0, 0.05) is 35.2 Å². The van der Waals surface area contributed by atoms with Crippen molar-refractivity contribution in [1.82, 2.24) is 15.1 Å². The lowest BCUT2D eigenvalue weighted by Crippen LogP contribution is -2.31. The summed E-state index contributed by atoms with van der Waals surface area (Å²) in [6.45, 7) is 1.93. The van der Waals surface area contributed by atoms with E-state index in [2.05, 4.69) is 10.4 Å². The minimum absolute atomic E-state index is 0.331. The van der Waals surface area contributed by atoms with Crippen LogP contribution in [-0.4, -0.2) is 28.6 Å². The van der Waals surface area contributed by atoms with Gasteiger partial charge in [-0.1, -0.05) is 23.2 Å². The molecular formula is C15H19Cl2N3S. The maximum atomic E-state index is 6.32. The summed E-state index contributed by atoms with van der Waals surface area (Å²) < 4.78 is 1.87. The molecule has 1 N–H and O–H groups in total. The molecule has 0 bridgehead atoms. The largest absolute Gasteiger partial charge is 0.316 e. The summed E-state index contributed by atoms with van der Waals surface area (Å²) in [5.74, 6) is 0.957. The minimum Gasteiger partial charge on any atom is -0.316 e. The fourth-order valence-electron chi connectivity index (χ4n) is 2.11. The lowest BCUT2D eigenvalue weighted by molar-refractivity contribution is 0.582. The molecule has 1 atom stereocenters. The fourth-order valence-corrected chi connectivity index (χ4v) is 3.48. The van der Waals surface area contributed by atoms with Gasteiger partial charge in [0.1, 0.15) is 0 Å². The van der Waals surface area contributed by atoms with Crippen LogP contribution in [0.25, 0.3) is 0 Å². The van der Waals surface area contributed by atoms with Crippen molar-refractivity contribution in [3.8, 4) is 0 Å². The summed E-state index contributed by atoms with van der Waals surface area (Å²) >= 11 is 14.0. The van der Waals surface area contributed by atoms with E-state index in [0.717, 1.165) is 33.6 Å². The van der Waals surface area contributed by atoms with Crippen molar-refractivity contribution in [3.63, 3.8) is 0 Å². The average Bonchev–Trinajstić information content (AvgIpc) is 2.71. The van der Waals surface area contributed by atoms with Crippen molar-refractivity contribution in [2.24, 2.45) is 7.05 Å². The highest BCUT2D eigenvalue weighted by atomic mass is 35.5. The average molecular weight is 344 g/mol. The summed E-state index contributed by atoms with van der Waals surface area (Å²) in [7, 11) is 3.91. The molecule has 0 amide bonds. The van der Waals surface area contributed by atoms with Gasteiger partial charge in [-0.2, -0.15) is 5.10 Å². The zero-order chi connectivity index (χ0) is 15.4. The number of rotatable bonds is 6. The maximum Gasteiger partial charge on any atom is 0.0847 e. The van der Waals surface area contributed by atoms with Crippen LogP contribution >= 0.6 is 35.0 Å². The van der Waals surface area contributed by atoms with Gasteiger partial charge in [0.05, 0.1) is 16.4 Å². The van der Waals surface area contributed by atoms with Gasteiger partial charge in [-0.05, 0) is 38.2 Å². The molecule has 0 saturated carbocycles. The molecule has 2 aromatic rings. The second-order valence-electron chi connectivity index (χ2n) is 4.92. The molecular weight excluding hydrogens is 325 g/mol. The first-order chi connectivity index (χ1) is 10.0. The Morgan fingerprint density at radius 1 is 1.29 bits per heavy atom. The van der Waals surface area contributed by atoms with Gasteiger partial charge in [-0.15, -0.1) is 11.8 Å². The summed E-state index contributed by atoms with van der Waals surface area (Å²) in [5, 5.41) is 9.25. The zero-order valence-corrected chi connectivity index (χ0v) is 14.7. The van der Waals surface area contributed by atoms with Crippen molar-refractivity contribution < 1.29 is 0 Å². The van der Waals surface area contributed by atoms with E-state index in [1.54, 1.807) is 11.8 Å². The minimum atomic E-state index is 0.331. The Labute approximate surface area is 140 Å². The first-order valence-electron chi connectivity index (χ1n) is 6.75. The van der Waals surface area contributed by atoms with Crippen LogP contribution in [-0.2, 0) is 13.5 Å². The van der Waals surface area contributed by atoms with E-state index in [1.165, 1.54) is 4.90 Å². The third-order valence-electron chi connectivity index (χ3n) is 3.37. The fraction of sp³-hybridized carbons (Fsp3) is 0.400. The van der Waals surface area contributed by atoms with E-state index in [4.69, 9.17) is 23.2 Å². The standard InChI is InChI=1S/C15H19Cl2N3S/c1-10-15(17)14(20(3)19-10)8-12(18-2)9-21-13-6-4-11(16)5-7-13/h4-7,12,18H,8-9H2,1-3H3. The van der Waals surface area contributed by atoms with E-state index in [9.17, 15) is 0 Å². The van der Waals surface area contributed by atoms with Crippen LogP contribution in [0, 0.1) is 6.92 Å². The number of nitrogens with zero attached hydrogens (tertiary/aromatic N) is 2. The summed E-state index contributed by atoms with van der Waals surface area (Å²) in [5.41, 5.74) is 1.96. The molecule has 0 saturated heterocycles. The third kappa shape index (κ3) is 4.39. The quantitative estimate of drug-likeness (QED) is 0.805. The molecule has 21 heavy (non-hydrogen) atoms. The number of hydrogen-bond donors (Lipinski definition) is 1. The Morgan fingerprint density at radius 3 is 2.48 bits per heavy atom. The van der Waals surface area contributed by atoms with Gasteiger partial charge in [-0.3, -0.25) is 4.68 Å². The molecule has 114 valence electrons. The predicted molar refractivity (Wildman–Crippen MR) is 91.7 cm³/mol. The van der Waals surface area contributed by atoms with Crippen LogP contribution in [0.15, 0.2) is 29.2 Å². The number of thioether (sulfide) groups is 1. The molecule has 0 aliphatic heterocycles. The molecule has 1 aromatic heterocycles. The second kappa shape index (κ2) is 7.54. The molecule has 0 aliphatic carbocycles. The van der Waals surface area contributed by atoms with Crippen LogP contribution in [0.3, 0.4) is 0 Å². The Morgan fingerprint density at radius 2 is 1.95 bits per heavy atom. The van der Waals surface area contributed by atoms with Crippen molar-refractivity contribution in [1.29, 1.82) is 0 Å². The van der Waals surface area contributed by atoms with Crippen molar-refractivity contribution in [2.75, 3.05) is 12.8 Å². The molecule has 1 unspecified atom stereocenters. The van der Waals surface area contributed by atoms with Crippen molar-refractivity contribution in [3.05, 3.63) is 45.7 Å². The Balaban J connectivity index is 1.98. The number of benzene rings is 1. The van der Waals surface area contributed by atoms with Crippen molar-refractivity contribution >= 4 is 35.0 Å². The van der Waals surface area contributed by atoms with Crippen LogP contribution < -0.4 is 5.32 Å². The lowest BCUT2D eigenvalue weighted by atomic mass is 10.2. The number of likely N-dealkylation sites (N-methyl/N-ethyl adjacent to an activating group) is 1.